The third-order valence-corrected chi connectivity index (χ3v) is 3.70. The molecule has 0 saturated carbocycles. The zero-order valence-corrected chi connectivity index (χ0v) is 8.39. The first-order valence-corrected chi connectivity index (χ1v) is 5.52. The van der Waals surface area contributed by atoms with Gasteiger partial charge in [0.15, 0.2) is 4.96 Å². The smallest absolute Gasteiger partial charge is 0.195 e. The SMILES string of the molecule is O=C([O-])c1cc2c(nc3sccn32)s1. The lowest BCUT2D eigenvalue weighted by Gasteiger charge is -1.92. The van der Waals surface area contributed by atoms with Gasteiger partial charge < -0.3 is 9.90 Å². The van der Waals surface area contributed by atoms with Gasteiger partial charge in [-0.05, 0) is 6.07 Å². The number of aromatic nitrogens is 2. The molecule has 0 aliphatic carbocycles. The van der Waals surface area contributed by atoms with E-state index in [0.717, 1.165) is 26.6 Å². The van der Waals surface area contributed by atoms with Crippen LogP contribution in [0.25, 0.3) is 15.3 Å². The van der Waals surface area contributed by atoms with Gasteiger partial charge in [-0.3, -0.25) is 4.40 Å². The Labute approximate surface area is 86.1 Å². The third kappa shape index (κ3) is 0.919. The lowest BCUT2D eigenvalue weighted by atomic mass is 10.4. The molecule has 14 heavy (non-hydrogen) atoms. The molecule has 0 spiro atoms. The second-order valence-corrected chi connectivity index (χ2v) is 4.66. The van der Waals surface area contributed by atoms with E-state index in [9.17, 15) is 9.90 Å². The van der Waals surface area contributed by atoms with Gasteiger partial charge in [-0.1, -0.05) is 0 Å². The summed E-state index contributed by atoms with van der Waals surface area (Å²) >= 11 is 2.68. The molecule has 70 valence electrons. The van der Waals surface area contributed by atoms with Crippen molar-refractivity contribution in [2.75, 3.05) is 0 Å². The lowest BCUT2D eigenvalue weighted by molar-refractivity contribution is -0.254. The fourth-order valence-electron chi connectivity index (χ4n) is 1.35. The average molecular weight is 223 g/mol. The van der Waals surface area contributed by atoms with Crippen molar-refractivity contribution in [3.8, 4) is 0 Å². The number of carbonyl (C=O) groups is 1. The molecule has 0 N–H and O–H groups in total. The molecule has 3 heterocycles. The fourth-order valence-corrected chi connectivity index (χ4v) is 2.98. The number of thiophene rings is 1. The first-order valence-electron chi connectivity index (χ1n) is 3.82. The number of aromatic carboxylic acids is 1. The van der Waals surface area contributed by atoms with Crippen molar-refractivity contribution in [2.45, 2.75) is 0 Å². The first-order chi connectivity index (χ1) is 6.75. The molecule has 0 aliphatic rings. The first kappa shape index (κ1) is 7.95. The molecule has 0 unspecified atom stereocenters. The molecule has 0 saturated heterocycles. The summed E-state index contributed by atoms with van der Waals surface area (Å²) in [6, 6.07) is 1.60. The van der Waals surface area contributed by atoms with Crippen molar-refractivity contribution < 1.29 is 9.90 Å². The van der Waals surface area contributed by atoms with E-state index >= 15 is 0 Å². The summed E-state index contributed by atoms with van der Waals surface area (Å²) in [5.41, 5.74) is 0.838. The number of hydrogen-bond donors (Lipinski definition) is 0. The number of carbonyl (C=O) groups excluding carboxylic acids is 1. The van der Waals surface area contributed by atoms with E-state index in [0.29, 0.717) is 0 Å². The van der Waals surface area contributed by atoms with Gasteiger partial charge in [0, 0.05) is 11.6 Å². The highest BCUT2D eigenvalue weighted by atomic mass is 32.1. The molecular formula is C8H3N2O2S2-. The fraction of sp³-hybridized carbons (Fsp3) is 0. The van der Waals surface area contributed by atoms with Gasteiger partial charge in [0.05, 0.1) is 16.4 Å². The molecule has 0 fully saturated rings. The van der Waals surface area contributed by atoms with Crippen LogP contribution in [-0.2, 0) is 0 Å². The van der Waals surface area contributed by atoms with Crippen LogP contribution in [0.15, 0.2) is 17.6 Å². The van der Waals surface area contributed by atoms with Crippen molar-refractivity contribution in [1.82, 2.24) is 9.38 Å². The van der Waals surface area contributed by atoms with Crippen molar-refractivity contribution in [3.05, 3.63) is 22.5 Å². The Morgan fingerprint density at radius 2 is 2.43 bits per heavy atom. The van der Waals surface area contributed by atoms with Gasteiger partial charge in [-0.15, -0.1) is 22.7 Å². The summed E-state index contributed by atoms with van der Waals surface area (Å²) in [5, 5.41) is 12.5. The van der Waals surface area contributed by atoms with E-state index in [-0.39, 0.29) is 4.88 Å². The summed E-state index contributed by atoms with van der Waals surface area (Å²) < 4.78 is 1.88. The van der Waals surface area contributed by atoms with Gasteiger partial charge in [0.25, 0.3) is 0 Å². The number of fused-ring (bicyclic) bond motifs is 3. The van der Waals surface area contributed by atoms with Crippen molar-refractivity contribution in [2.24, 2.45) is 0 Å². The van der Waals surface area contributed by atoms with Crippen LogP contribution in [0.4, 0.5) is 0 Å². The predicted molar refractivity (Wildman–Crippen MR) is 52.8 cm³/mol. The molecule has 0 aliphatic heterocycles. The van der Waals surface area contributed by atoms with Gasteiger partial charge in [-0.2, -0.15) is 0 Å². The Hall–Kier alpha value is -1.40. The quantitative estimate of drug-likeness (QED) is 0.617. The van der Waals surface area contributed by atoms with Crippen LogP contribution in [0.1, 0.15) is 9.67 Å². The highest BCUT2D eigenvalue weighted by molar-refractivity contribution is 7.21. The Balaban J connectivity index is 2.43. The van der Waals surface area contributed by atoms with Gasteiger partial charge in [-0.25, -0.2) is 4.98 Å². The summed E-state index contributed by atoms with van der Waals surface area (Å²) in [7, 11) is 0. The van der Waals surface area contributed by atoms with Crippen LogP contribution < -0.4 is 5.11 Å². The second kappa shape index (κ2) is 2.55. The largest absolute Gasteiger partial charge is 0.544 e. The number of thiazole rings is 1. The Morgan fingerprint density at radius 3 is 3.21 bits per heavy atom. The zero-order chi connectivity index (χ0) is 9.71. The molecule has 0 aromatic carbocycles. The molecule has 0 bridgehead atoms. The minimum atomic E-state index is -1.14. The minimum absolute atomic E-state index is 0.225. The summed E-state index contributed by atoms with van der Waals surface area (Å²) in [6.45, 7) is 0. The Kier molecular flexibility index (Phi) is 1.45. The van der Waals surface area contributed by atoms with Crippen molar-refractivity contribution >= 4 is 44.0 Å². The molecular weight excluding hydrogens is 220 g/mol. The Morgan fingerprint density at radius 1 is 1.57 bits per heavy atom. The average Bonchev–Trinajstić information content (AvgIpc) is 2.70. The van der Waals surface area contributed by atoms with E-state index in [1.165, 1.54) is 11.3 Å². The normalized spacial score (nSPS) is 11.4. The van der Waals surface area contributed by atoms with Crippen LogP contribution >= 0.6 is 22.7 Å². The standard InChI is InChI=1S/C8H4N2O2S2/c11-7(12)5-3-4-6(14-5)9-8-10(4)1-2-13-8/h1-3H,(H,11,12)/p-1. The molecule has 0 atom stereocenters. The molecule has 6 heteroatoms. The monoisotopic (exact) mass is 223 g/mol. The number of rotatable bonds is 1. The zero-order valence-electron chi connectivity index (χ0n) is 6.76. The number of carboxylic acid groups (broad SMARTS) is 1. The maximum Gasteiger partial charge on any atom is 0.195 e. The molecule has 0 radical (unpaired) electrons. The van der Waals surface area contributed by atoms with Crippen LogP contribution in [0.2, 0.25) is 0 Å². The van der Waals surface area contributed by atoms with Crippen molar-refractivity contribution in [1.29, 1.82) is 0 Å². The van der Waals surface area contributed by atoms with E-state index < -0.39 is 5.97 Å². The van der Waals surface area contributed by atoms with Crippen molar-refractivity contribution in [3.63, 3.8) is 0 Å². The second-order valence-electron chi connectivity index (χ2n) is 2.76. The summed E-state index contributed by atoms with van der Waals surface area (Å²) in [6.07, 6.45) is 1.88. The molecule has 3 aromatic rings. The number of hydrogen-bond acceptors (Lipinski definition) is 5. The van der Waals surface area contributed by atoms with Gasteiger partial charge in [0.1, 0.15) is 4.83 Å². The highest BCUT2D eigenvalue weighted by Crippen LogP contribution is 2.27. The van der Waals surface area contributed by atoms with Crippen LogP contribution in [0.5, 0.6) is 0 Å². The molecule has 0 amide bonds. The molecule has 4 nitrogen and oxygen atoms in total. The van der Waals surface area contributed by atoms with Crippen LogP contribution in [-0.4, -0.2) is 15.4 Å². The number of carboxylic acids is 1. The summed E-state index contributed by atoms with van der Waals surface area (Å²) in [5.74, 6) is -1.14. The molecule has 3 rings (SSSR count). The number of imidazole rings is 1. The maximum atomic E-state index is 10.6. The minimum Gasteiger partial charge on any atom is -0.544 e. The van der Waals surface area contributed by atoms with Crippen LogP contribution in [0.3, 0.4) is 0 Å². The summed E-state index contributed by atoms with van der Waals surface area (Å²) in [4.78, 5) is 16.8. The maximum absolute atomic E-state index is 10.6. The van der Waals surface area contributed by atoms with E-state index in [4.69, 9.17) is 0 Å². The van der Waals surface area contributed by atoms with E-state index in [2.05, 4.69) is 4.98 Å². The topological polar surface area (TPSA) is 57.4 Å². The third-order valence-electron chi connectivity index (χ3n) is 1.94. The lowest BCUT2D eigenvalue weighted by Crippen LogP contribution is -2.20. The van der Waals surface area contributed by atoms with E-state index in [1.54, 1.807) is 6.07 Å². The predicted octanol–water partition coefficient (Wildman–Crippen LogP) is 0.974. The Bertz CT molecular complexity index is 634. The number of nitrogens with zero attached hydrogens (tertiary/aromatic N) is 2. The highest BCUT2D eigenvalue weighted by Gasteiger charge is 2.09. The van der Waals surface area contributed by atoms with Gasteiger partial charge in [0.2, 0.25) is 0 Å². The van der Waals surface area contributed by atoms with Gasteiger partial charge >= 0.3 is 0 Å². The van der Waals surface area contributed by atoms with Crippen LogP contribution in [0, 0.1) is 0 Å². The van der Waals surface area contributed by atoms with E-state index in [1.807, 2.05) is 16.0 Å². The molecule has 3 aromatic heterocycles.